The van der Waals surface area contributed by atoms with Gasteiger partial charge in [-0.25, -0.2) is 45.8 Å². The van der Waals surface area contributed by atoms with E-state index in [-0.39, 0.29) is 46.3 Å². The van der Waals surface area contributed by atoms with Crippen molar-refractivity contribution < 1.29 is 47.2 Å². The van der Waals surface area contributed by atoms with Gasteiger partial charge in [-0.2, -0.15) is 0 Å². The number of amides is 2. The molecule has 2 aliphatic carbocycles. The van der Waals surface area contributed by atoms with Crippen LogP contribution in [0.2, 0.25) is 0 Å². The zero-order chi connectivity index (χ0) is 47.9. The van der Waals surface area contributed by atoms with Crippen molar-refractivity contribution in [1.82, 2.24) is 30.0 Å². The van der Waals surface area contributed by atoms with Crippen molar-refractivity contribution in [2.24, 2.45) is 0 Å². The standard InChI is InChI=1S/C21H28BrN3O4S2.C21H30N4O4S2.2BrH.Cu/c2*1-4-24-31(27,28)19-11-15(22)7-10-17(19)18-12-23-20(30-18)14-5-8-16(9-6-14)25-21(26)29-13(2)3;;;/h7,10-14,16,24H,4-6,8-9H2,1-3H3,(H,25,26);7,10-14,16,24H,4-6,8-9,22H2,1-3H3,(H,25,26);2*1H;/q;;;;+2/p-2. The number of nitrogen functional groups attached to an aromatic ring is 1. The first-order chi connectivity index (χ1) is 30.8. The molecular weight excluding hydrogens is 1160 g/mol. The van der Waals surface area contributed by atoms with Crippen LogP contribution in [-0.4, -0.2) is 76.4 Å². The predicted molar refractivity (Wildman–Crippen MR) is 266 cm³/mol. The Balaban J connectivity index is 0.000000268. The van der Waals surface area contributed by atoms with Crippen LogP contribution in [0.1, 0.15) is 115 Å². The molecule has 23 heteroatoms. The van der Waals surface area contributed by atoms with Crippen LogP contribution in [0.15, 0.2) is 63.1 Å². The monoisotopic (exact) mass is 1220 g/mol. The molecule has 2 fully saturated rings. The number of nitrogens with one attached hydrogen (secondary N) is 4. The molecule has 2 amide bonds. The summed E-state index contributed by atoms with van der Waals surface area (Å²) in [5.74, 6) is 0.600. The summed E-state index contributed by atoms with van der Waals surface area (Å²) in [7, 11) is -7.27. The number of alkyl carbamates (subject to hydrolysis) is 2. The van der Waals surface area contributed by atoms with Crippen LogP contribution in [-0.2, 0) is 40.9 Å². The van der Waals surface area contributed by atoms with E-state index in [1.54, 1.807) is 44.4 Å². The zero-order valence-electron chi connectivity index (χ0n) is 37.0. The number of anilines is 1. The van der Waals surface area contributed by atoms with Crippen LogP contribution in [0.4, 0.5) is 15.3 Å². The maximum atomic E-state index is 12.7. The summed E-state index contributed by atoms with van der Waals surface area (Å²) in [5.41, 5.74) is 7.50. The Bertz CT molecular complexity index is 2230. The number of nitrogens with two attached hydrogens (primary N) is 1. The third-order valence-corrected chi connectivity index (χ3v) is 16.3. The number of sulfonamides is 2. The van der Waals surface area contributed by atoms with Crippen LogP contribution < -0.4 is 25.8 Å². The first kappa shape index (κ1) is 55.4. The molecule has 2 heterocycles. The summed E-state index contributed by atoms with van der Waals surface area (Å²) in [4.78, 5) is 34.9. The number of carbonyl (C=O) groups excluding carboxylic acids is 2. The summed E-state index contributed by atoms with van der Waals surface area (Å²) in [6.07, 6.45) is 9.59. The van der Waals surface area contributed by atoms with Gasteiger partial charge in [0.05, 0.1) is 41.8 Å². The first-order valence-electron chi connectivity index (χ1n) is 21.2. The second-order valence-corrected chi connectivity index (χ2v) is 27.1. The average Bonchev–Trinajstić information content (AvgIpc) is 3.93. The number of aromatic nitrogens is 2. The predicted octanol–water partition coefficient (Wildman–Crippen LogP) is 10.6. The van der Waals surface area contributed by atoms with E-state index in [0.29, 0.717) is 46.2 Å². The van der Waals surface area contributed by atoms with Gasteiger partial charge >= 0.3 is 51.7 Å². The number of thiazole rings is 2. The van der Waals surface area contributed by atoms with Gasteiger partial charge in [-0.3, -0.25) is 0 Å². The van der Waals surface area contributed by atoms with E-state index in [2.05, 4.69) is 74.2 Å². The van der Waals surface area contributed by atoms with Crippen molar-refractivity contribution in [3.05, 3.63) is 63.3 Å². The molecule has 0 spiro atoms. The van der Waals surface area contributed by atoms with E-state index in [0.717, 1.165) is 71.1 Å². The van der Waals surface area contributed by atoms with Crippen molar-refractivity contribution in [2.45, 2.75) is 139 Å². The van der Waals surface area contributed by atoms with E-state index in [4.69, 9.17) is 15.2 Å². The molecule has 0 atom stereocenters. The number of benzene rings is 2. The molecule has 15 nitrogen and oxygen atoms in total. The average molecular weight is 1220 g/mol. The number of carbonyl (C=O) groups is 2. The number of halogens is 3. The van der Waals surface area contributed by atoms with Gasteiger partial charge in [0, 0.05) is 70.7 Å². The molecule has 2 saturated carbocycles. The van der Waals surface area contributed by atoms with Gasteiger partial charge in [-0.1, -0.05) is 41.9 Å². The Labute approximate surface area is 420 Å². The molecule has 6 rings (SSSR count). The van der Waals surface area contributed by atoms with Crippen LogP contribution >= 0.6 is 66.8 Å². The normalized spacial score (nSPS) is 18.8. The molecule has 65 heavy (non-hydrogen) atoms. The molecule has 0 aliphatic heterocycles. The molecule has 2 aliphatic rings. The molecule has 6 N–H and O–H groups in total. The first-order valence-corrected chi connectivity index (χ1v) is 31.2. The molecule has 0 unspecified atom stereocenters. The number of hydrogen-bond acceptors (Lipinski definition) is 13. The molecule has 2 aromatic carbocycles. The minimum absolute atomic E-state index is 0.107. The Morgan fingerprint density at radius 1 is 0.708 bits per heavy atom. The zero-order valence-corrected chi connectivity index (χ0v) is 45.9. The Hall–Kier alpha value is -2.18. The third-order valence-electron chi connectivity index (χ3n) is 10.3. The molecule has 4 aromatic rings. The van der Waals surface area contributed by atoms with Crippen LogP contribution in [0.5, 0.6) is 0 Å². The number of nitrogens with zero attached hydrogens (tertiary/aromatic N) is 2. The quantitative estimate of drug-likeness (QED) is 0.0590. The second kappa shape index (κ2) is 26.5. The van der Waals surface area contributed by atoms with Crippen LogP contribution in [0.25, 0.3) is 20.9 Å². The van der Waals surface area contributed by atoms with Crippen LogP contribution in [0, 0.1) is 0 Å². The Morgan fingerprint density at radius 2 is 1.09 bits per heavy atom. The second-order valence-electron chi connectivity index (χ2n) is 15.9. The fourth-order valence-electron chi connectivity index (χ4n) is 7.42. The van der Waals surface area contributed by atoms with Crippen molar-refractivity contribution in [3.8, 4) is 20.9 Å². The summed E-state index contributed by atoms with van der Waals surface area (Å²) in [5, 5.41) is 7.86. The van der Waals surface area contributed by atoms with Gasteiger partial charge in [-0.05, 0) is 103 Å². The van der Waals surface area contributed by atoms with Crippen LogP contribution in [0.3, 0.4) is 0 Å². The van der Waals surface area contributed by atoms with Gasteiger partial charge in [0.1, 0.15) is 0 Å². The molecule has 2 aromatic heterocycles. The summed E-state index contributed by atoms with van der Waals surface area (Å²) >= 11 is 13.8. The van der Waals surface area contributed by atoms with E-state index < -0.39 is 20.0 Å². The van der Waals surface area contributed by atoms with Gasteiger partial charge in [0.15, 0.2) is 0 Å². The SMILES string of the molecule is CCNS(=O)(=O)c1cc(Br)ccc1-c1cnc(C2CCC(NC(=O)OC(C)C)CC2)s1.CCNS(=O)(=O)c1cc(N)ccc1-c1cnc(C2CCC(NC(=O)OC(C)C)CC2)s1.[Br][Cu][Br]. The Kier molecular flexibility index (Phi) is 22.6. The van der Waals surface area contributed by atoms with E-state index in [1.807, 2.05) is 39.8 Å². The van der Waals surface area contributed by atoms with E-state index in [1.165, 1.54) is 40.1 Å². The summed E-state index contributed by atoms with van der Waals surface area (Å²) in [6.45, 7) is 11.4. The topological polar surface area (TPSA) is 221 Å². The van der Waals surface area contributed by atoms with Gasteiger partial charge in [0.25, 0.3) is 0 Å². The van der Waals surface area contributed by atoms with Crippen molar-refractivity contribution in [1.29, 1.82) is 0 Å². The summed E-state index contributed by atoms with van der Waals surface area (Å²) < 4.78 is 66.8. The van der Waals surface area contributed by atoms with Crippen molar-refractivity contribution in [3.63, 3.8) is 0 Å². The fraction of sp³-hybridized carbons (Fsp3) is 0.524. The number of rotatable bonds is 14. The van der Waals surface area contributed by atoms with Gasteiger partial charge in [-0.15, -0.1) is 22.7 Å². The maximum absolute atomic E-state index is 12.7. The number of hydrogen-bond donors (Lipinski definition) is 5. The molecule has 0 radical (unpaired) electrons. The molecule has 365 valence electrons. The molecule has 0 saturated heterocycles. The van der Waals surface area contributed by atoms with Crippen molar-refractivity contribution in [2.75, 3.05) is 18.8 Å². The fourth-order valence-corrected chi connectivity index (χ4v) is 12.9. The van der Waals surface area contributed by atoms with E-state index in [9.17, 15) is 26.4 Å². The van der Waals surface area contributed by atoms with E-state index >= 15 is 0 Å². The Morgan fingerprint density at radius 3 is 1.48 bits per heavy atom. The van der Waals surface area contributed by atoms with Gasteiger partial charge in [0.2, 0.25) is 20.0 Å². The van der Waals surface area contributed by atoms with Crippen molar-refractivity contribution >= 4 is 105 Å². The number of ether oxygens (including phenoxy) is 2. The van der Waals surface area contributed by atoms with Gasteiger partial charge < -0.3 is 25.8 Å². The molecule has 0 bridgehead atoms. The third kappa shape index (κ3) is 17.1. The molecular formula is C42H58Br3CuN7O8S4. The minimum atomic E-state index is -3.66. The summed E-state index contributed by atoms with van der Waals surface area (Å²) in [6, 6.07) is 10.4.